The van der Waals surface area contributed by atoms with Crippen LogP contribution < -0.4 is 5.32 Å². The molecule has 1 aromatic rings. The monoisotopic (exact) mass is 203 g/mol. The van der Waals surface area contributed by atoms with Crippen LogP contribution in [0.5, 0.6) is 0 Å². The molecule has 2 nitrogen and oxygen atoms in total. The Balaban J connectivity index is 1.90. The summed E-state index contributed by atoms with van der Waals surface area (Å²) in [5.74, 6) is 0.642. The first-order valence-corrected chi connectivity index (χ1v) is 5.85. The lowest BCUT2D eigenvalue weighted by atomic mass is 9.89. The van der Waals surface area contributed by atoms with Crippen molar-refractivity contribution in [2.45, 2.75) is 24.8 Å². The second-order valence-corrected chi connectivity index (χ2v) is 4.51. The van der Waals surface area contributed by atoms with Crippen molar-refractivity contribution in [3.05, 3.63) is 35.4 Å². The van der Waals surface area contributed by atoms with Gasteiger partial charge in [-0.05, 0) is 30.5 Å². The van der Waals surface area contributed by atoms with Crippen molar-refractivity contribution >= 4 is 0 Å². The summed E-state index contributed by atoms with van der Waals surface area (Å²) in [6.07, 6.45) is 2.59. The van der Waals surface area contributed by atoms with Gasteiger partial charge in [0.1, 0.15) is 0 Å². The zero-order valence-corrected chi connectivity index (χ0v) is 8.91. The highest BCUT2D eigenvalue weighted by Crippen LogP contribution is 2.33. The van der Waals surface area contributed by atoms with E-state index in [4.69, 9.17) is 4.74 Å². The Morgan fingerprint density at radius 2 is 1.93 bits per heavy atom. The third kappa shape index (κ3) is 1.68. The van der Waals surface area contributed by atoms with Crippen LogP contribution in [0, 0.1) is 0 Å². The summed E-state index contributed by atoms with van der Waals surface area (Å²) in [6, 6.07) is 9.42. The van der Waals surface area contributed by atoms with Crippen LogP contribution in [-0.2, 0) is 4.74 Å². The Hall–Kier alpha value is -0.860. The molecule has 2 fully saturated rings. The molecule has 2 aliphatic heterocycles. The predicted molar refractivity (Wildman–Crippen MR) is 60.0 cm³/mol. The Morgan fingerprint density at radius 3 is 2.53 bits per heavy atom. The van der Waals surface area contributed by atoms with Crippen molar-refractivity contribution in [3.8, 4) is 0 Å². The fourth-order valence-corrected chi connectivity index (χ4v) is 2.57. The molecule has 0 aliphatic carbocycles. The van der Waals surface area contributed by atoms with Crippen molar-refractivity contribution in [1.29, 1.82) is 0 Å². The van der Waals surface area contributed by atoms with Crippen LogP contribution in [0.15, 0.2) is 24.3 Å². The molecule has 3 rings (SSSR count). The van der Waals surface area contributed by atoms with E-state index in [9.17, 15) is 0 Å². The SMILES string of the molecule is c1ccc(C2CCCN2)c(C2COC2)c1. The fourth-order valence-electron chi connectivity index (χ4n) is 2.57. The molecule has 2 aliphatic rings. The van der Waals surface area contributed by atoms with Gasteiger partial charge in [-0.15, -0.1) is 0 Å². The first-order valence-electron chi connectivity index (χ1n) is 5.85. The molecule has 1 N–H and O–H groups in total. The topological polar surface area (TPSA) is 21.3 Å². The maximum Gasteiger partial charge on any atom is 0.0557 e. The minimum absolute atomic E-state index is 0.585. The molecule has 0 radical (unpaired) electrons. The van der Waals surface area contributed by atoms with Gasteiger partial charge in [0.25, 0.3) is 0 Å². The molecule has 0 spiro atoms. The summed E-state index contributed by atoms with van der Waals surface area (Å²) in [6.45, 7) is 2.98. The number of ether oxygens (including phenoxy) is 1. The van der Waals surface area contributed by atoms with Gasteiger partial charge >= 0.3 is 0 Å². The van der Waals surface area contributed by atoms with Crippen LogP contribution >= 0.6 is 0 Å². The zero-order chi connectivity index (χ0) is 10.1. The van der Waals surface area contributed by atoms with E-state index < -0.39 is 0 Å². The molecule has 1 atom stereocenters. The highest BCUT2D eigenvalue weighted by molar-refractivity contribution is 5.34. The fraction of sp³-hybridized carbons (Fsp3) is 0.538. The number of hydrogen-bond acceptors (Lipinski definition) is 2. The lowest BCUT2D eigenvalue weighted by Gasteiger charge is -2.29. The van der Waals surface area contributed by atoms with Crippen LogP contribution in [0.1, 0.15) is 35.9 Å². The molecule has 0 bridgehead atoms. The first-order chi connectivity index (χ1) is 7.45. The summed E-state index contributed by atoms with van der Waals surface area (Å²) in [5.41, 5.74) is 3.01. The molecule has 80 valence electrons. The van der Waals surface area contributed by atoms with Gasteiger partial charge in [-0.3, -0.25) is 0 Å². The van der Waals surface area contributed by atoms with E-state index in [1.165, 1.54) is 30.5 Å². The van der Waals surface area contributed by atoms with Crippen LogP contribution in [0.2, 0.25) is 0 Å². The van der Waals surface area contributed by atoms with E-state index >= 15 is 0 Å². The van der Waals surface area contributed by atoms with Crippen LogP contribution in [0.25, 0.3) is 0 Å². The Kier molecular flexibility index (Phi) is 2.47. The van der Waals surface area contributed by atoms with E-state index in [1.54, 1.807) is 0 Å². The summed E-state index contributed by atoms with van der Waals surface area (Å²) in [5, 5.41) is 3.58. The summed E-state index contributed by atoms with van der Waals surface area (Å²) in [7, 11) is 0. The molecule has 2 saturated heterocycles. The van der Waals surface area contributed by atoms with Crippen LogP contribution in [0.4, 0.5) is 0 Å². The quantitative estimate of drug-likeness (QED) is 0.795. The molecule has 0 saturated carbocycles. The van der Waals surface area contributed by atoms with Gasteiger partial charge in [-0.1, -0.05) is 24.3 Å². The Labute approximate surface area is 90.6 Å². The Morgan fingerprint density at radius 1 is 1.13 bits per heavy atom. The zero-order valence-electron chi connectivity index (χ0n) is 8.91. The minimum Gasteiger partial charge on any atom is -0.380 e. The third-order valence-electron chi connectivity index (χ3n) is 3.51. The van der Waals surface area contributed by atoms with E-state index in [2.05, 4.69) is 29.6 Å². The van der Waals surface area contributed by atoms with E-state index in [0.717, 1.165) is 13.2 Å². The van der Waals surface area contributed by atoms with Gasteiger partial charge < -0.3 is 10.1 Å². The van der Waals surface area contributed by atoms with Crippen molar-refractivity contribution < 1.29 is 4.74 Å². The van der Waals surface area contributed by atoms with Gasteiger partial charge in [0.2, 0.25) is 0 Å². The highest BCUT2D eigenvalue weighted by Gasteiger charge is 2.26. The summed E-state index contributed by atoms with van der Waals surface area (Å²) >= 11 is 0. The molecular formula is C13H17NO. The van der Waals surface area contributed by atoms with Gasteiger partial charge in [-0.2, -0.15) is 0 Å². The number of hydrogen-bond donors (Lipinski definition) is 1. The second-order valence-electron chi connectivity index (χ2n) is 4.51. The standard InChI is InChI=1S/C13H17NO/c1-2-5-12(13-6-3-7-14-13)11(4-1)10-8-15-9-10/h1-2,4-5,10,13-14H,3,6-9H2. The molecule has 1 aromatic carbocycles. The average Bonchev–Trinajstić information content (AvgIpc) is 2.69. The largest absolute Gasteiger partial charge is 0.380 e. The van der Waals surface area contributed by atoms with Crippen LogP contribution in [-0.4, -0.2) is 19.8 Å². The minimum atomic E-state index is 0.585. The number of benzene rings is 1. The normalized spacial score (nSPS) is 26.5. The highest BCUT2D eigenvalue weighted by atomic mass is 16.5. The molecule has 0 aromatic heterocycles. The number of rotatable bonds is 2. The summed E-state index contributed by atoms with van der Waals surface area (Å²) < 4.78 is 5.29. The first kappa shape index (κ1) is 9.37. The van der Waals surface area contributed by atoms with Gasteiger partial charge in [0.05, 0.1) is 13.2 Å². The average molecular weight is 203 g/mol. The third-order valence-corrected chi connectivity index (χ3v) is 3.51. The van der Waals surface area contributed by atoms with E-state index in [0.29, 0.717) is 12.0 Å². The van der Waals surface area contributed by atoms with Gasteiger partial charge in [0, 0.05) is 12.0 Å². The van der Waals surface area contributed by atoms with Gasteiger partial charge in [-0.25, -0.2) is 0 Å². The van der Waals surface area contributed by atoms with Crippen molar-refractivity contribution in [2.24, 2.45) is 0 Å². The molecule has 15 heavy (non-hydrogen) atoms. The maximum atomic E-state index is 5.29. The van der Waals surface area contributed by atoms with E-state index in [1.807, 2.05) is 0 Å². The van der Waals surface area contributed by atoms with Crippen LogP contribution in [0.3, 0.4) is 0 Å². The lowest BCUT2D eigenvalue weighted by Crippen LogP contribution is -2.27. The number of nitrogens with one attached hydrogen (secondary N) is 1. The molecule has 2 heterocycles. The molecule has 0 amide bonds. The molecule has 2 heteroatoms. The molecule has 1 unspecified atom stereocenters. The van der Waals surface area contributed by atoms with E-state index in [-0.39, 0.29) is 0 Å². The van der Waals surface area contributed by atoms with Crippen molar-refractivity contribution in [1.82, 2.24) is 5.32 Å². The lowest BCUT2D eigenvalue weighted by molar-refractivity contribution is 0.00792. The molecular weight excluding hydrogens is 186 g/mol. The maximum absolute atomic E-state index is 5.29. The van der Waals surface area contributed by atoms with Crippen molar-refractivity contribution in [3.63, 3.8) is 0 Å². The predicted octanol–water partition coefficient (Wildman–Crippen LogP) is 2.22. The Bertz CT molecular complexity index is 340. The van der Waals surface area contributed by atoms with Crippen molar-refractivity contribution in [2.75, 3.05) is 19.8 Å². The summed E-state index contributed by atoms with van der Waals surface area (Å²) in [4.78, 5) is 0. The van der Waals surface area contributed by atoms with Gasteiger partial charge in [0.15, 0.2) is 0 Å². The smallest absolute Gasteiger partial charge is 0.0557 e. The second kappa shape index (κ2) is 3.95.